The van der Waals surface area contributed by atoms with E-state index in [-0.39, 0.29) is 5.78 Å². The summed E-state index contributed by atoms with van der Waals surface area (Å²) in [5, 5.41) is 0.619. The third-order valence-electron chi connectivity index (χ3n) is 2.50. The Morgan fingerprint density at radius 2 is 2.28 bits per heavy atom. The molecule has 0 unspecified atom stereocenters. The van der Waals surface area contributed by atoms with Crippen LogP contribution in [0.2, 0.25) is 5.02 Å². The number of hydrogen-bond acceptors (Lipinski definition) is 3. The molecule has 0 saturated carbocycles. The summed E-state index contributed by atoms with van der Waals surface area (Å²) in [5.41, 5.74) is 1.61. The number of aromatic nitrogens is 2. The number of aromatic amines is 1. The van der Waals surface area contributed by atoms with Crippen LogP contribution in [0.25, 0.3) is 11.3 Å². The number of carbonyl (C=O) groups excluding carboxylic acids is 1. The lowest BCUT2D eigenvalue weighted by molar-refractivity contribution is -0.116. The normalized spacial score (nSPS) is 10.4. The smallest absolute Gasteiger partial charge is 0.137 e. The van der Waals surface area contributed by atoms with Crippen molar-refractivity contribution in [2.45, 2.75) is 13.3 Å². The van der Waals surface area contributed by atoms with E-state index in [1.54, 1.807) is 31.5 Å². The first-order valence-corrected chi connectivity index (χ1v) is 5.85. The predicted molar refractivity (Wildman–Crippen MR) is 70.0 cm³/mol. The van der Waals surface area contributed by atoms with Crippen LogP contribution in [-0.2, 0) is 11.2 Å². The lowest BCUT2D eigenvalue weighted by Gasteiger charge is -2.06. The van der Waals surface area contributed by atoms with E-state index in [1.807, 2.05) is 0 Å². The van der Waals surface area contributed by atoms with E-state index in [1.165, 1.54) is 6.92 Å². The maximum Gasteiger partial charge on any atom is 0.137 e. The molecular formula is C13H13ClN2O2. The number of carbonyl (C=O) groups is 1. The van der Waals surface area contributed by atoms with E-state index in [0.717, 1.165) is 11.3 Å². The third kappa shape index (κ3) is 2.71. The van der Waals surface area contributed by atoms with Crippen LogP contribution in [0.4, 0.5) is 0 Å². The van der Waals surface area contributed by atoms with Gasteiger partial charge in [-0.15, -0.1) is 0 Å². The van der Waals surface area contributed by atoms with Crippen LogP contribution >= 0.6 is 11.6 Å². The molecule has 1 heterocycles. The molecule has 0 aliphatic heterocycles. The Labute approximate surface area is 110 Å². The predicted octanol–water partition coefficient (Wildman–Crippen LogP) is 2.87. The molecule has 2 aromatic rings. The second kappa shape index (κ2) is 5.23. The van der Waals surface area contributed by atoms with Crippen molar-refractivity contribution in [1.29, 1.82) is 0 Å². The summed E-state index contributed by atoms with van der Waals surface area (Å²) in [4.78, 5) is 18.3. The van der Waals surface area contributed by atoms with Crippen molar-refractivity contribution in [3.63, 3.8) is 0 Å². The molecule has 0 saturated heterocycles. The second-order valence-electron chi connectivity index (χ2n) is 3.97. The van der Waals surface area contributed by atoms with Gasteiger partial charge in [0.05, 0.1) is 25.4 Å². The quantitative estimate of drug-likeness (QED) is 0.924. The monoisotopic (exact) mass is 264 g/mol. The highest BCUT2D eigenvalue weighted by atomic mass is 35.5. The van der Waals surface area contributed by atoms with E-state index >= 15 is 0 Å². The Balaban J connectivity index is 2.38. The van der Waals surface area contributed by atoms with Gasteiger partial charge in [0.25, 0.3) is 0 Å². The molecular weight excluding hydrogens is 252 g/mol. The van der Waals surface area contributed by atoms with Gasteiger partial charge in [0.2, 0.25) is 0 Å². The largest absolute Gasteiger partial charge is 0.496 e. The standard InChI is InChI=1S/C13H13ClN2O2/c1-8(17)5-13-15-7-11(16-13)10-6-9(14)3-4-12(10)18-2/h3-4,6-7H,5H2,1-2H3,(H,15,16). The second-order valence-corrected chi connectivity index (χ2v) is 4.40. The van der Waals surface area contributed by atoms with Crippen molar-refractivity contribution < 1.29 is 9.53 Å². The molecule has 0 bridgehead atoms. The van der Waals surface area contributed by atoms with Gasteiger partial charge in [-0.05, 0) is 25.1 Å². The molecule has 1 aromatic heterocycles. The maximum absolute atomic E-state index is 11.0. The number of rotatable bonds is 4. The van der Waals surface area contributed by atoms with Crippen LogP contribution in [0.15, 0.2) is 24.4 Å². The Kier molecular flexibility index (Phi) is 3.67. The van der Waals surface area contributed by atoms with Crippen molar-refractivity contribution in [2.24, 2.45) is 0 Å². The summed E-state index contributed by atoms with van der Waals surface area (Å²) in [6.45, 7) is 1.53. The highest BCUT2D eigenvalue weighted by molar-refractivity contribution is 6.30. The van der Waals surface area contributed by atoms with Crippen molar-refractivity contribution >= 4 is 17.4 Å². The number of methoxy groups -OCH3 is 1. The summed E-state index contributed by atoms with van der Waals surface area (Å²) >= 11 is 5.97. The first-order chi connectivity index (χ1) is 8.60. The van der Waals surface area contributed by atoms with E-state index < -0.39 is 0 Å². The molecule has 0 aliphatic carbocycles. The minimum atomic E-state index is 0.0639. The number of halogens is 1. The first-order valence-electron chi connectivity index (χ1n) is 5.47. The Morgan fingerprint density at radius 1 is 1.50 bits per heavy atom. The highest BCUT2D eigenvalue weighted by Gasteiger charge is 2.10. The lowest BCUT2D eigenvalue weighted by atomic mass is 10.1. The third-order valence-corrected chi connectivity index (χ3v) is 2.73. The number of H-pyrrole nitrogens is 1. The number of ketones is 1. The van der Waals surface area contributed by atoms with Gasteiger partial charge in [0.15, 0.2) is 0 Å². The number of hydrogen-bond donors (Lipinski definition) is 1. The molecule has 18 heavy (non-hydrogen) atoms. The van der Waals surface area contributed by atoms with Crippen molar-refractivity contribution in [3.05, 3.63) is 35.2 Å². The Morgan fingerprint density at radius 3 is 2.94 bits per heavy atom. The van der Waals surface area contributed by atoms with Crippen LogP contribution in [0, 0.1) is 0 Å². The van der Waals surface area contributed by atoms with Crippen LogP contribution in [0.1, 0.15) is 12.7 Å². The number of benzene rings is 1. The SMILES string of the molecule is COc1ccc(Cl)cc1-c1cnc(CC(C)=O)[nH]1. The number of nitrogens with zero attached hydrogens (tertiary/aromatic N) is 1. The van der Waals surface area contributed by atoms with E-state index in [4.69, 9.17) is 16.3 Å². The molecule has 1 N–H and O–H groups in total. The van der Waals surface area contributed by atoms with Crippen LogP contribution < -0.4 is 4.74 Å². The molecule has 0 fully saturated rings. The van der Waals surface area contributed by atoms with Crippen LogP contribution in [0.5, 0.6) is 5.75 Å². The van der Waals surface area contributed by atoms with Gasteiger partial charge in [-0.25, -0.2) is 4.98 Å². The van der Waals surface area contributed by atoms with E-state index in [9.17, 15) is 4.79 Å². The van der Waals surface area contributed by atoms with Gasteiger partial charge < -0.3 is 9.72 Å². The molecule has 0 spiro atoms. The van der Waals surface area contributed by atoms with Gasteiger partial charge in [-0.1, -0.05) is 11.6 Å². The molecule has 0 amide bonds. The van der Waals surface area contributed by atoms with Gasteiger partial charge >= 0.3 is 0 Å². The van der Waals surface area contributed by atoms with Crippen molar-refractivity contribution in [2.75, 3.05) is 7.11 Å². The first kappa shape index (κ1) is 12.6. The van der Waals surface area contributed by atoms with Gasteiger partial charge in [0, 0.05) is 10.6 Å². The number of Topliss-reactive ketones (excluding diaryl/α,β-unsaturated/α-hetero) is 1. The molecule has 5 heteroatoms. The molecule has 0 aliphatic rings. The fourth-order valence-electron chi connectivity index (χ4n) is 1.72. The van der Waals surface area contributed by atoms with Gasteiger partial charge in [0.1, 0.15) is 17.4 Å². The minimum Gasteiger partial charge on any atom is -0.496 e. The molecule has 0 atom stereocenters. The summed E-state index contributed by atoms with van der Waals surface area (Å²) in [6, 6.07) is 5.35. The van der Waals surface area contributed by atoms with Crippen molar-refractivity contribution in [1.82, 2.24) is 9.97 Å². The zero-order valence-electron chi connectivity index (χ0n) is 10.2. The van der Waals surface area contributed by atoms with Crippen LogP contribution in [-0.4, -0.2) is 22.9 Å². The molecule has 1 aromatic carbocycles. The van der Waals surface area contributed by atoms with E-state index in [2.05, 4.69) is 9.97 Å². The zero-order valence-corrected chi connectivity index (χ0v) is 10.9. The van der Waals surface area contributed by atoms with Crippen molar-refractivity contribution in [3.8, 4) is 17.0 Å². The summed E-state index contributed by atoms with van der Waals surface area (Å²) < 4.78 is 5.27. The Hall–Kier alpha value is -1.81. The molecule has 94 valence electrons. The fourth-order valence-corrected chi connectivity index (χ4v) is 1.89. The number of ether oxygens (including phenoxy) is 1. The summed E-state index contributed by atoms with van der Waals surface area (Å²) in [6.07, 6.45) is 1.97. The molecule has 4 nitrogen and oxygen atoms in total. The zero-order chi connectivity index (χ0) is 13.1. The topological polar surface area (TPSA) is 55.0 Å². The van der Waals surface area contributed by atoms with Gasteiger partial charge in [-0.2, -0.15) is 0 Å². The molecule has 0 radical (unpaired) electrons. The van der Waals surface area contributed by atoms with Crippen LogP contribution in [0.3, 0.4) is 0 Å². The summed E-state index contributed by atoms with van der Waals surface area (Å²) in [5.74, 6) is 1.41. The maximum atomic E-state index is 11.0. The molecule has 2 rings (SSSR count). The number of nitrogens with one attached hydrogen (secondary N) is 1. The average Bonchev–Trinajstić information content (AvgIpc) is 2.76. The average molecular weight is 265 g/mol. The summed E-state index contributed by atoms with van der Waals surface area (Å²) in [7, 11) is 1.60. The Bertz CT molecular complexity index is 578. The minimum absolute atomic E-state index is 0.0639. The highest BCUT2D eigenvalue weighted by Crippen LogP contribution is 2.31. The number of imidazole rings is 1. The fraction of sp³-hybridized carbons (Fsp3) is 0.231. The lowest BCUT2D eigenvalue weighted by Crippen LogP contribution is -1.98. The van der Waals surface area contributed by atoms with E-state index in [0.29, 0.717) is 23.0 Å². The van der Waals surface area contributed by atoms with Gasteiger partial charge in [-0.3, -0.25) is 4.79 Å².